The van der Waals surface area contributed by atoms with Gasteiger partial charge in [0.1, 0.15) is 0 Å². The molecule has 0 aliphatic carbocycles. The van der Waals surface area contributed by atoms with E-state index in [2.05, 4.69) is 33.1 Å². The van der Waals surface area contributed by atoms with E-state index in [0.29, 0.717) is 0 Å². The third kappa shape index (κ3) is 6.32. The van der Waals surface area contributed by atoms with Crippen molar-refractivity contribution in [2.75, 3.05) is 26.2 Å². The second-order valence-corrected chi connectivity index (χ2v) is 8.16. The fraction of sp³-hybridized carbons (Fsp3) is 0.562. The summed E-state index contributed by atoms with van der Waals surface area (Å²) in [6.07, 6.45) is 7.17. The molecule has 2 heterocycles. The van der Waals surface area contributed by atoms with Crippen LogP contribution in [-0.4, -0.2) is 37.0 Å². The van der Waals surface area contributed by atoms with Gasteiger partial charge in [0.05, 0.1) is 3.79 Å². The zero-order valence-electron chi connectivity index (χ0n) is 12.5. The summed E-state index contributed by atoms with van der Waals surface area (Å²) < 4.78 is 1.08. The SMILES string of the molecule is CC1CCCN(CCCNC(=O)/C=C/c2ccc(Br)s2)C1. The average molecular weight is 371 g/mol. The summed E-state index contributed by atoms with van der Waals surface area (Å²) in [6.45, 7) is 6.59. The Balaban J connectivity index is 1.60. The smallest absolute Gasteiger partial charge is 0.244 e. The molecular weight excluding hydrogens is 348 g/mol. The Bertz CT molecular complexity index is 486. The molecule has 2 rings (SSSR count). The van der Waals surface area contributed by atoms with Crippen molar-refractivity contribution >= 4 is 39.2 Å². The molecule has 1 fully saturated rings. The van der Waals surface area contributed by atoms with Crippen LogP contribution in [0.25, 0.3) is 6.08 Å². The van der Waals surface area contributed by atoms with Crippen LogP contribution >= 0.6 is 27.3 Å². The number of hydrogen-bond acceptors (Lipinski definition) is 3. The largest absolute Gasteiger partial charge is 0.353 e. The van der Waals surface area contributed by atoms with Crippen molar-refractivity contribution in [2.24, 2.45) is 5.92 Å². The predicted molar refractivity (Wildman–Crippen MR) is 93.5 cm³/mol. The minimum atomic E-state index is -0.00784. The first kappa shape index (κ1) is 16.7. The van der Waals surface area contributed by atoms with E-state index in [1.165, 1.54) is 25.9 Å². The minimum absolute atomic E-state index is 0.00784. The summed E-state index contributed by atoms with van der Waals surface area (Å²) in [5, 5.41) is 2.95. The molecule has 1 atom stereocenters. The van der Waals surface area contributed by atoms with Crippen LogP contribution in [0.5, 0.6) is 0 Å². The van der Waals surface area contributed by atoms with E-state index in [1.807, 2.05) is 18.2 Å². The van der Waals surface area contributed by atoms with E-state index in [1.54, 1.807) is 17.4 Å². The number of hydrogen-bond donors (Lipinski definition) is 1. The first-order valence-electron chi connectivity index (χ1n) is 7.57. The third-order valence-electron chi connectivity index (χ3n) is 3.68. The molecule has 1 unspecified atom stereocenters. The van der Waals surface area contributed by atoms with Crippen LogP contribution in [0.3, 0.4) is 0 Å². The van der Waals surface area contributed by atoms with Gasteiger partial charge in [0.15, 0.2) is 0 Å². The number of thiophene rings is 1. The van der Waals surface area contributed by atoms with Crippen LogP contribution in [0.1, 0.15) is 31.1 Å². The predicted octanol–water partition coefficient (Wildman–Crippen LogP) is 3.76. The number of nitrogens with zero attached hydrogens (tertiary/aromatic N) is 1. The van der Waals surface area contributed by atoms with Gasteiger partial charge >= 0.3 is 0 Å². The van der Waals surface area contributed by atoms with E-state index in [9.17, 15) is 4.79 Å². The lowest BCUT2D eigenvalue weighted by Gasteiger charge is -2.30. The monoisotopic (exact) mass is 370 g/mol. The molecule has 1 aliphatic heterocycles. The molecule has 0 spiro atoms. The molecule has 0 radical (unpaired) electrons. The lowest BCUT2D eigenvalue weighted by atomic mass is 10.0. The highest BCUT2D eigenvalue weighted by atomic mass is 79.9. The summed E-state index contributed by atoms with van der Waals surface area (Å²) in [4.78, 5) is 15.3. The van der Waals surface area contributed by atoms with Crippen molar-refractivity contribution in [1.29, 1.82) is 0 Å². The maximum absolute atomic E-state index is 11.7. The van der Waals surface area contributed by atoms with Gasteiger partial charge in [0, 0.05) is 24.0 Å². The van der Waals surface area contributed by atoms with E-state index >= 15 is 0 Å². The van der Waals surface area contributed by atoms with Gasteiger partial charge in [-0.3, -0.25) is 4.79 Å². The maximum atomic E-state index is 11.7. The second-order valence-electron chi connectivity index (χ2n) is 5.67. The molecule has 1 amide bonds. The number of nitrogens with one attached hydrogen (secondary N) is 1. The van der Waals surface area contributed by atoms with Crippen LogP contribution in [0.15, 0.2) is 22.0 Å². The highest BCUT2D eigenvalue weighted by Crippen LogP contribution is 2.22. The van der Waals surface area contributed by atoms with Crippen molar-refractivity contribution in [3.05, 3.63) is 26.9 Å². The summed E-state index contributed by atoms with van der Waals surface area (Å²) in [7, 11) is 0. The molecule has 1 N–H and O–H groups in total. The van der Waals surface area contributed by atoms with Gasteiger partial charge in [-0.2, -0.15) is 0 Å². The molecule has 3 nitrogen and oxygen atoms in total. The zero-order chi connectivity index (χ0) is 15.1. The zero-order valence-corrected chi connectivity index (χ0v) is 14.9. The topological polar surface area (TPSA) is 32.3 Å². The number of likely N-dealkylation sites (tertiary alicyclic amines) is 1. The maximum Gasteiger partial charge on any atom is 0.244 e. The molecular formula is C16H23BrN2OS. The molecule has 1 aromatic heterocycles. The molecule has 1 aliphatic rings. The van der Waals surface area contributed by atoms with Crippen molar-refractivity contribution in [3.8, 4) is 0 Å². The van der Waals surface area contributed by atoms with Gasteiger partial charge in [0.2, 0.25) is 5.91 Å². The number of rotatable bonds is 6. The van der Waals surface area contributed by atoms with Gasteiger partial charge < -0.3 is 10.2 Å². The number of carbonyl (C=O) groups excluding carboxylic acids is 1. The van der Waals surface area contributed by atoms with Crippen LogP contribution < -0.4 is 5.32 Å². The average Bonchev–Trinajstić information content (AvgIpc) is 2.87. The fourth-order valence-corrected chi connectivity index (χ4v) is 3.96. The van der Waals surface area contributed by atoms with Crippen LogP contribution in [-0.2, 0) is 4.79 Å². The Morgan fingerprint density at radius 2 is 2.43 bits per heavy atom. The molecule has 5 heteroatoms. The Kier molecular flexibility index (Phi) is 6.93. The van der Waals surface area contributed by atoms with E-state index < -0.39 is 0 Å². The quantitative estimate of drug-likeness (QED) is 0.610. The number of halogens is 1. The second kappa shape index (κ2) is 8.71. The lowest BCUT2D eigenvalue weighted by molar-refractivity contribution is -0.116. The highest BCUT2D eigenvalue weighted by molar-refractivity contribution is 9.11. The number of carbonyl (C=O) groups is 1. The van der Waals surface area contributed by atoms with E-state index in [0.717, 1.165) is 34.1 Å². The molecule has 116 valence electrons. The Morgan fingerprint density at radius 3 is 3.14 bits per heavy atom. The Morgan fingerprint density at radius 1 is 1.57 bits per heavy atom. The van der Waals surface area contributed by atoms with Gasteiger partial charge in [-0.1, -0.05) is 6.92 Å². The van der Waals surface area contributed by atoms with Gasteiger partial charge in [-0.05, 0) is 72.4 Å². The molecule has 0 aromatic carbocycles. The van der Waals surface area contributed by atoms with E-state index in [-0.39, 0.29) is 5.91 Å². The van der Waals surface area contributed by atoms with Gasteiger partial charge in [-0.25, -0.2) is 0 Å². The lowest BCUT2D eigenvalue weighted by Crippen LogP contribution is -2.36. The van der Waals surface area contributed by atoms with Gasteiger partial charge in [0.25, 0.3) is 0 Å². The standard InChI is InChI=1S/C16H23BrN2OS/c1-13-4-2-10-19(12-13)11-3-9-18-16(20)8-6-14-5-7-15(17)21-14/h5-8,13H,2-4,9-12H2,1H3,(H,18,20)/b8-6+. The normalized spacial score (nSPS) is 20.0. The first-order valence-corrected chi connectivity index (χ1v) is 9.18. The van der Waals surface area contributed by atoms with Crippen LogP contribution in [0.2, 0.25) is 0 Å². The van der Waals surface area contributed by atoms with Crippen molar-refractivity contribution in [2.45, 2.75) is 26.2 Å². The van der Waals surface area contributed by atoms with Crippen molar-refractivity contribution in [1.82, 2.24) is 10.2 Å². The third-order valence-corrected chi connectivity index (χ3v) is 5.27. The van der Waals surface area contributed by atoms with Gasteiger partial charge in [-0.15, -0.1) is 11.3 Å². The molecule has 21 heavy (non-hydrogen) atoms. The molecule has 1 aromatic rings. The van der Waals surface area contributed by atoms with Crippen molar-refractivity contribution < 1.29 is 4.79 Å². The summed E-state index contributed by atoms with van der Waals surface area (Å²) >= 11 is 5.03. The summed E-state index contributed by atoms with van der Waals surface area (Å²) in [6, 6.07) is 3.98. The Labute approximate surface area is 139 Å². The Hall–Kier alpha value is -0.650. The van der Waals surface area contributed by atoms with Crippen LogP contribution in [0.4, 0.5) is 0 Å². The van der Waals surface area contributed by atoms with Crippen LogP contribution in [0, 0.1) is 5.92 Å². The molecule has 0 saturated carbocycles. The number of amides is 1. The fourth-order valence-electron chi connectivity index (χ4n) is 2.64. The highest BCUT2D eigenvalue weighted by Gasteiger charge is 2.15. The molecule has 0 bridgehead atoms. The summed E-state index contributed by atoms with van der Waals surface area (Å²) in [5.41, 5.74) is 0. The van der Waals surface area contributed by atoms with E-state index in [4.69, 9.17) is 0 Å². The minimum Gasteiger partial charge on any atom is -0.353 e. The molecule has 1 saturated heterocycles. The summed E-state index contributed by atoms with van der Waals surface area (Å²) in [5.74, 6) is 0.813. The number of piperidine rings is 1. The van der Waals surface area contributed by atoms with Crippen molar-refractivity contribution in [3.63, 3.8) is 0 Å². The first-order chi connectivity index (χ1) is 10.1.